The second-order valence-corrected chi connectivity index (χ2v) is 9.82. The van der Waals surface area contributed by atoms with Crippen LogP contribution in [0.5, 0.6) is 0 Å². The highest BCUT2D eigenvalue weighted by molar-refractivity contribution is 6.00. The fraction of sp³-hybridized carbons (Fsp3) is 0.560. The summed E-state index contributed by atoms with van der Waals surface area (Å²) in [6, 6.07) is 1.90. The molecule has 3 aliphatic rings. The molecule has 2 aliphatic heterocycles. The number of aliphatic imine (C=N–C) groups is 1. The van der Waals surface area contributed by atoms with Crippen LogP contribution in [0.3, 0.4) is 0 Å². The summed E-state index contributed by atoms with van der Waals surface area (Å²) < 4.78 is 47.9. The van der Waals surface area contributed by atoms with E-state index in [2.05, 4.69) is 20.2 Å². The first-order chi connectivity index (χ1) is 16.9. The summed E-state index contributed by atoms with van der Waals surface area (Å²) in [6.45, 7) is 1.19. The Hall–Kier alpha value is -2.72. The topological polar surface area (TPSA) is 88.7 Å². The third-order valence-electron chi connectivity index (χ3n) is 7.51. The summed E-state index contributed by atoms with van der Waals surface area (Å²) in [6.07, 6.45) is 7.89. The molecular formula is C25H31F3N6O. The predicted molar refractivity (Wildman–Crippen MR) is 128 cm³/mol. The van der Waals surface area contributed by atoms with E-state index in [1.54, 1.807) is 6.20 Å². The highest BCUT2D eigenvalue weighted by Gasteiger charge is 2.33. The molecule has 1 saturated heterocycles. The van der Waals surface area contributed by atoms with Gasteiger partial charge in [-0.1, -0.05) is 0 Å². The zero-order valence-electron chi connectivity index (χ0n) is 19.8. The van der Waals surface area contributed by atoms with Gasteiger partial charge in [0.25, 0.3) is 0 Å². The standard InChI is InChI=1S/C25H31F3N6O/c1-34(17-4-2-16(29)3-5-17)25-30-12-22-21(32-25)7-6-18(14-8-9-35-13-14)24(31-22)33-23-19(27)10-15(26)11-20(23)28/h10-12,14,16-18H,2-9,13,29H2,1H3,(H,31,33)/t14-,16?,17?,18?/m1/s1. The molecule has 1 aromatic carbocycles. The van der Waals surface area contributed by atoms with Gasteiger partial charge in [-0.3, -0.25) is 0 Å². The lowest BCUT2D eigenvalue weighted by molar-refractivity contribution is 0.178. The van der Waals surface area contributed by atoms with Crippen LogP contribution in [0.25, 0.3) is 0 Å². The van der Waals surface area contributed by atoms with E-state index in [0.717, 1.165) is 37.8 Å². The smallest absolute Gasteiger partial charge is 0.225 e. The quantitative estimate of drug-likeness (QED) is 0.666. The first-order valence-corrected chi connectivity index (χ1v) is 12.3. The molecule has 35 heavy (non-hydrogen) atoms. The van der Waals surface area contributed by atoms with Crippen molar-refractivity contribution in [2.45, 2.75) is 57.0 Å². The number of nitrogens with two attached hydrogens (primary N) is 1. The molecule has 1 unspecified atom stereocenters. The number of benzene rings is 1. The number of anilines is 2. The number of ether oxygens (including phenoxy) is 1. The lowest BCUT2D eigenvalue weighted by atomic mass is 9.87. The zero-order chi connectivity index (χ0) is 24.5. The van der Waals surface area contributed by atoms with Crippen LogP contribution in [0.15, 0.2) is 23.3 Å². The summed E-state index contributed by atoms with van der Waals surface area (Å²) >= 11 is 0. The van der Waals surface area contributed by atoms with Crippen molar-refractivity contribution in [3.05, 3.63) is 41.5 Å². The number of fused-ring (bicyclic) bond motifs is 1. The highest BCUT2D eigenvalue weighted by Crippen LogP contribution is 2.35. The Morgan fingerprint density at radius 2 is 1.83 bits per heavy atom. The Bertz CT molecular complexity index is 1080. The normalized spacial score (nSPS) is 27.9. The van der Waals surface area contributed by atoms with E-state index in [1.165, 1.54) is 0 Å². The number of rotatable bonds is 4. The van der Waals surface area contributed by atoms with Crippen LogP contribution in [-0.2, 0) is 11.2 Å². The van der Waals surface area contributed by atoms with Gasteiger partial charge in [0.15, 0.2) is 11.6 Å². The number of aryl methyl sites for hydroxylation is 1. The molecule has 0 bridgehead atoms. The van der Waals surface area contributed by atoms with E-state index in [0.29, 0.717) is 61.7 Å². The summed E-state index contributed by atoms with van der Waals surface area (Å²) in [5.41, 5.74) is 7.05. The number of amidine groups is 1. The zero-order valence-corrected chi connectivity index (χ0v) is 19.8. The number of halogens is 3. The number of hydrogen-bond acceptors (Lipinski definition) is 6. The number of hydrogen-bond donors (Lipinski definition) is 2. The minimum absolute atomic E-state index is 0.114. The van der Waals surface area contributed by atoms with Crippen LogP contribution >= 0.6 is 0 Å². The van der Waals surface area contributed by atoms with Gasteiger partial charge in [0.2, 0.25) is 5.95 Å². The highest BCUT2D eigenvalue weighted by atomic mass is 19.1. The molecule has 7 nitrogen and oxygen atoms in total. The van der Waals surface area contributed by atoms with Gasteiger partial charge in [0.05, 0.1) is 24.2 Å². The van der Waals surface area contributed by atoms with Crippen LogP contribution in [0.2, 0.25) is 0 Å². The van der Waals surface area contributed by atoms with Crippen molar-refractivity contribution < 1.29 is 17.9 Å². The molecule has 0 spiro atoms. The molecule has 2 atom stereocenters. The van der Waals surface area contributed by atoms with Crippen LogP contribution in [0, 0.1) is 29.3 Å². The van der Waals surface area contributed by atoms with Crippen molar-refractivity contribution >= 4 is 23.2 Å². The van der Waals surface area contributed by atoms with Crippen molar-refractivity contribution in [1.29, 1.82) is 0 Å². The molecule has 5 rings (SSSR count). The lowest BCUT2D eigenvalue weighted by Crippen LogP contribution is -2.39. The Morgan fingerprint density at radius 3 is 2.51 bits per heavy atom. The number of nitrogens with zero attached hydrogens (tertiary/aromatic N) is 4. The van der Waals surface area contributed by atoms with Crippen molar-refractivity contribution in [3.8, 4) is 0 Å². The van der Waals surface area contributed by atoms with E-state index in [4.69, 9.17) is 15.5 Å². The van der Waals surface area contributed by atoms with Crippen molar-refractivity contribution in [3.63, 3.8) is 0 Å². The van der Waals surface area contributed by atoms with Crippen LogP contribution in [-0.4, -0.2) is 48.1 Å². The fourth-order valence-electron chi connectivity index (χ4n) is 5.39. The second kappa shape index (κ2) is 10.1. The molecule has 1 aromatic heterocycles. The fourth-order valence-corrected chi connectivity index (χ4v) is 5.39. The number of nitrogens with one attached hydrogen (secondary N) is 1. The minimum atomic E-state index is -1.04. The molecule has 3 heterocycles. The average Bonchev–Trinajstić information content (AvgIpc) is 3.30. The molecule has 188 valence electrons. The van der Waals surface area contributed by atoms with Crippen LogP contribution in [0.4, 0.5) is 30.5 Å². The average molecular weight is 489 g/mol. The van der Waals surface area contributed by atoms with Gasteiger partial charge >= 0.3 is 0 Å². The summed E-state index contributed by atoms with van der Waals surface area (Å²) in [7, 11) is 2.01. The Kier molecular flexibility index (Phi) is 6.93. The van der Waals surface area contributed by atoms with Gasteiger partial charge in [-0.05, 0) is 50.9 Å². The monoisotopic (exact) mass is 488 g/mol. The SMILES string of the molecule is CN(c1ncc2c(n1)CCC([C@@H]1CCOC1)C(=Nc1c(F)cc(F)cc1F)N2)C1CCC(N)CC1. The van der Waals surface area contributed by atoms with Gasteiger partial charge in [0.1, 0.15) is 17.3 Å². The Balaban J connectivity index is 1.46. The van der Waals surface area contributed by atoms with Crippen LogP contribution in [0.1, 0.15) is 44.2 Å². The predicted octanol–water partition coefficient (Wildman–Crippen LogP) is 4.34. The lowest BCUT2D eigenvalue weighted by Gasteiger charge is -2.33. The van der Waals surface area contributed by atoms with E-state index < -0.39 is 23.1 Å². The summed E-state index contributed by atoms with van der Waals surface area (Å²) in [5.74, 6) is -1.93. The second-order valence-electron chi connectivity index (χ2n) is 9.82. The van der Waals surface area contributed by atoms with E-state index >= 15 is 0 Å². The molecule has 0 amide bonds. The third kappa shape index (κ3) is 5.13. The van der Waals surface area contributed by atoms with Gasteiger partial charge in [-0.25, -0.2) is 28.1 Å². The summed E-state index contributed by atoms with van der Waals surface area (Å²) in [4.78, 5) is 15.9. The third-order valence-corrected chi connectivity index (χ3v) is 7.51. The van der Waals surface area contributed by atoms with Gasteiger partial charge < -0.3 is 20.7 Å². The molecule has 3 N–H and O–H groups in total. The van der Waals surface area contributed by atoms with Crippen molar-refractivity contribution in [1.82, 2.24) is 9.97 Å². The molecule has 1 aliphatic carbocycles. The Morgan fingerprint density at radius 1 is 1.09 bits per heavy atom. The maximum absolute atomic E-state index is 14.4. The molecular weight excluding hydrogens is 457 g/mol. The molecule has 2 fully saturated rings. The maximum atomic E-state index is 14.4. The Labute approximate surface area is 203 Å². The molecule has 0 radical (unpaired) electrons. The van der Waals surface area contributed by atoms with Gasteiger partial charge in [-0.15, -0.1) is 0 Å². The molecule has 10 heteroatoms. The van der Waals surface area contributed by atoms with Gasteiger partial charge in [0, 0.05) is 43.8 Å². The largest absolute Gasteiger partial charge is 0.381 e. The van der Waals surface area contributed by atoms with Gasteiger partial charge in [-0.2, -0.15) is 0 Å². The molecule has 1 saturated carbocycles. The van der Waals surface area contributed by atoms with Crippen LogP contribution < -0.4 is 16.0 Å². The minimum Gasteiger partial charge on any atom is -0.381 e. The van der Waals surface area contributed by atoms with E-state index in [-0.39, 0.29) is 17.9 Å². The van der Waals surface area contributed by atoms with Crippen molar-refractivity contribution in [2.24, 2.45) is 22.6 Å². The first-order valence-electron chi connectivity index (χ1n) is 12.3. The first kappa shape index (κ1) is 24.0. The number of aromatic nitrogens is 2. The van der Waals surface area contributed by atoms with E-state index in [9.17, 15) is 13.2 Å². The van der Waals surface area contributed by atoms with E-state index in [1.807, 2.05) is 7.05 Å². The molecule has 2 aromatic rings. The maximum Gasteiger partial charge on any atom is 0.225 e. The van der Waals surface area contributed by atoms with Crippen molar-refractivity contribution in [2.75, 3.05) is 30.5 Å². The summed E-state index contributed by atoms with van der Waals surface area (Å²) in [5, 5.41) is 3.26.